The Hall–Kier alpha value is -7.88. The topological polar surface area (TPSA) is 38.9 Å². The van der Waals surface area contributed by atoms with Crippen LogP contribution >= 0.6 is 0 Å². The van der Waals surface area contributed by atoms with E-state index in [-0.39, 0.29) is 10.8 Å². The largest absolute Gasteiger partial charge is 0.455 e. The van der Waals surface area contributed by atoms with Crippen LogP contribution in [-0.4, -0.2) is 9.97 Å². The van der Waals surface area contributed by atoms with E-state index >= 15 is 0 Å². The van der Waals surface area contributed by atoms with E-state index < -0.39 is 5.41 Å². The number of para-hydroxylation sites is 1. The Morgan fingerprint density at radius 2 is 1.09 bits per heavy atom. The number of allylic oxidation sites excluding steroid dienone is 4. The van der Waals surface area contributed by atoms with Crippen molar-refractivity contribution in [3.8, 4) is 67.3 Å². The number of furan rings is 1. The molecule has 2 atom stereocenters. The maximum atomic E-state index is 6.84. The van der Waals surface area contributed by atoms with Gasteiger partial charge in [-0.15, -0.1) is 0 Å². The molecular formula is C66H48N2O. The van der Waals surface area contributed by atoms with Crippen LogP contribution in [0.4, 0.5) is 0 Å². The van der Waals surface area contributed by atoms with Crippen molar-refractivity contribution in [3.63, 3.8) is 0 Å². The number of hydrogen-bond donors (Lipinski definition) is 0. The standard InChI is InChI=1S/C66H48N2O/c1-64(2)49-23-7-5-6-17-40(49)42-31-29-38(35-55(42)64)57-37-58(39-30-32-43-41-18-8-12-24-50(41)65(3,4)56(43)36-39)68-63(67-57)48-22-16-27-53-60(48)46-20-9-13-25-51(46)66(53)52-26-14-10-21-47(52)61-54(66)34-33-45-44-19-11-15-28-59(44)69-62(45)61/h5-6,8-16,18-37,40H,7,17H2,1-4H3. The number of rotatable bonds is 3. The summed E-state index contributed by atoms with van der Waals surface area (Å²) < 4.78 is 6.84. The average Bonchev–Trinajstić information content (AvgIpc) is 4.06. The summed E-state index contributed by atoms with van der Waals surface area (Å²) in [6, 6.07) is 63.2. The lowest BCUT2D eigenvalue weighted by atomic mass is 9.70. The third kappa shape index (κ3) is 5.02. The molecule has 0 amide bonds. The number of nitrogens with zero attached hydrogens (tertiary/aromatic N) is 2. The maximum Gasteiger partial charge on any atom is 0.161 e. The van der Waals surface area contributed by atoms with Gasteiger partial charge in [-0.2, -0.15) is 0 Å². The molecule has 5 aliphatic carbocycles. The lowest BCUT2D eigenvalue weighted by Gasteiger charge is -2.30. The zero-order valence-corrected chi connectivity index (χ0v) is 39.2. The van der Waals surface area contributed by atoms with Crippen LogP contribution in [0.25, 0.3) is 89.2 Å². The normalized spacial score (nSPS) is 19.1. The van der Waals surface area contributed by atoms with Crippen LogP contribution < -0.4 is 0 Å². The summed E-state index contributed by atoms with van der Waals surface area (Å²) in [4.78, 5) is 11.3. The van der Waals surface area contributed by atoms with Crippen LogP contribution in [0, 0.1) is 0 Å². The van der Waals surface area contributed by atoms with Gasteiger partial charge in [-0.3, -0.25) is 0 Å². The molecule has 15 rings (SSSR count). The first-order valence-corrected chi connectivity index (χ1v) is 24.7. The smallest absolute Gasteiger partial charge is 0.161 e. The van der Waals surface area contributed by atoms with Crippen molar-refractivity contribution in [2.45, 2.75) is 62.7 Å². The number of benzene rings is 8. The Bertz CT molecular complexity index is 3990. The van der Waals surface area contributed by atoms with Gasteiger partial charge in [0, 0.05) is 49.8 Å². The molecule has 8 aromatic carbocycles. The number of fused-ring (bicyclic) bond motifs is 20. The first-order chi connectivity index (χ1) is 33.7. The van der Waals surface area contributed by atoms with Crippen molar-refractivity contribution in [2.75, 3.05) is 0 Å². The highest BCUT2D eigenvalue weighted by Crippen LogP contribution is 2.65. The predicted molar refractivity (Wildman–Crippen MR) is 282 cm³/mol. The van der Waals surface area contributed by atoms with Crippen LogP contribution in [0.2, 0.25) is 0 Å². The van der Waals surface area contributed by atoms with Crippen molar-refractivity contribution >= 4 is 21.9 Å². The zero-order valence-electron chi connectivity index (χ0n) is 39.2. The molecule has 69 heavy (non-hydrogen) atoms. The Kier molecular flexibility index (Phi) is 7.74. The van der Waals surface area contributed by atoms with Gasteiger partial charge < -0.3 is 4.42 Å². The third-order valence-electron chi connectivity index (χ3n) is 17.0. The summed E-state index contributed by atoms with van der Waals surface area (Å²) in [6.07, 6.45) is 9.20. The van der Waals surface area contributed by atoms with Crippen LogP contribution in [-0.2, 0) is 16.2 Å². The van der Waals surface area contributed by atoms with E-state index in [0.717, 1.165) is 68.7 Å². The summed E-state index contributed by atoms with van der Waals surface area (Å²) in [5, 5.41) is 2.29. The highest BCUT2D eigenvalue weighted by Gasteiger charge is 2.53. The van der Waals surface area contributed by atoms with Crippen molar-refractivity contribution < 1.29 is 4.42 Å². The van der Waals surface area contributed by atoms with Crippen LogP contribution in [0.5, 0.6) is 0 Å². The molecular weight excluding hydrogens is 837 g/mol. The quantitative estimate of drug-likeness (QED) is 0.166. The highest BCUT2D eigenvalue weighted by molar-refractivity contribution is 6.13. The first-order valence-electron chi connectivity index (χ1n) is 24.7. The molecule has 1 spiro atoms. The Morgan fingerprint density at radius 1 is 0.464 bits per heavy atom. The van der Waals surface area contributed by atoms with Gasteiger partial charge in [0.25, 0.3) is 0 Å². The van der Waals surface area contributed by atoms with Gasteiger partial charge in [-0.1, -0.05) is 197 Å². The van der Waals surface area contributed by atoms with Crippen LogP contribution in [0.3, 0.4) is 0 Å². The van der Waals surface area contributed by atoms with Gasteiger partial charge in [-0.25, -0.2) is 9.97 Å². The molecule has 2 unspecified atom stereocenters. The van der Waals surface area contributed by atoms with Gasteiger partial charge in [0.1, 0.15) is 11.2 Å². The first kappa shape index (κ1) is 39.1. The summed E-state index contributed by atoms with van der Waals surface area (Å²) in [7, 11) is 0. The fourth-order valence-corrected chi connectivity index (χ4v) is 13.9. The fourth-order valence-electron chi connectivity index (χ4n) is 13.9. The molecule has 0 aliphatic heterocycles. The second-order valence-corrected chi connectivity index (χ2v) is 21.0. The van der Waals surface area contributed by atoms with Crippen LogP contribution in [0.1, 0.15) is 91.0 Å². The summed E-state index contributed by atoms with van der Waals surface area (Å²) in [5.41, 5.74) is 25.7. The van der Waals surface area contributed by atoms with E-state index in [0.29, 0.717) is 5.92 Å². The van der Waals surface area contributed by atoms with Gasteiger partial charge in [0.15, 0.2) is 5.82 Å². The van der Waals surface area contributed by atoms with Gasteiger partial charge in [0.2, 0.25) is 0 Å². The molecule has 0 radical (unpaired) electrons. The summed E-state index contributed by atoms with van der Waals surface area (Å²) in [6.45, 7) is 9.53. The molecule has 10 aromatic rings. The molecule has 0 saturated carbocycles. The van der Waals surface area contributed by atoms with E-state index in [2.05, 4.69) is 216 Å². The van der Waals surface area contributed by atoms with Crippen molar-refractivity contribution in [1.29, 1.82) is 0 Å². The average molecular weight is 885 g/mol. The molecule has 3 nitrogen and oxygen atoms in total. The van der Waals surface area contributed by atoms with E-state index in [1.165, 1.54) is 83.5 Å². The predicted octanol–water partition coefficient (Wildman–Crippen LogP) is 16.7. The Balaban J connectivity index is 0.977. The molecule has 0 N–H and O–H groups in total. The molecule has 3 heteroatoms. The SMILES string of the molecule is CC1(C)C2=CCC=CCC2c2ccc(-c3cc(-c4ccc5c(c4)C(C)(C)c4ccccc4-5)nc(-c4cccc5c4-c4ccccc4C54c5ccccc5-c5c4ccc4c5oc5ccccc54)n3)cc21. The second kappa shape index (κ2) is 13.6. The number of aromatic nitrogens is 2. The monoisotopic (exact) mass is 884 g/mol. The third-order valence-corrected chi connectivity index (χ3v) is 17.0. The fraction of sp³-hybridized carbons (Fsp3) is 0.152. The van der Waals surface area contributed by atoms with E-state index in [1.54, 1.807) is 0 Å². The number of hydrogen-bond acceptors (Lipinski definition) is 3. The molecule has 0 fully saturated rings. The maximum absolute atomic E-state index is 6.84. The molecule has 0 bridgehead atoms. The van der Waals surface area contributed by atoms with E-state index in [9.17, 15) is 0 Å². The van der Waals surface area contributed by atoms with E-state index in [4.69, 9.17) is 14.4 Å². The lowest BCUT2D eigenvalue weighted by molar-refractivity contribution is 0.615. The minimum atomic E-state index is -0.576. The molecule has 328 valence electrons. The van der Waals surface area contributed by atoms with E-state index in [1.807, 2.05) is 0 Å². The minimum Gasteiger partial charge on any atom is -0.455 e. The van der Waals surface area contributed by atoms with Gasteiger partial charge in [-0.05, 0) is 109 Å². The highest BCUT2D eigenvalue weighted by atomic mass is 16.3. The zero-order chi connectivity index (χ0) is 46.0. The van der Waals surface area contributed by atoms with Crippen LogP contribution in [0.15, 0.2) is 198 Å². The van der Waals surface area contributed by atoms with Crippen molar-refractivity contribution in [2.24, 2.45) is 0 Å². The van der Waals surface area contributed by atoms with Crippen molar-refractivity contribution in [3.05, 3.63) is 238 Å². The van der Waals surface area contributed by atoms with Gasteiger partial charge in [0.05, 0.1) is 16.8 Å². The van der Waals surface area contributed by atoms with Gasteiger partial charge >= 0.3 is 0 Å². The summed E-state index contributed by atoms with van der Waals surface area (Å²) in [5.74, 6) is 1.14. The van der Waals surface area contributed by atoms with Crippen molar-refractivity contribution in [1.82, 2.24) is 9.97 Å². The Labute approximate surface area is 402 Å². The Morgan fingerprint density at radius 3 is 1.88 bits per heavy atom. The molecule has 0 saturated heterocycles. The summed E-state index contributed by atoms with van der Waals surface area (Å²) >= 11 is 0. The molecule has 2 aromatic heterocycles. The minimum absolute atomic E-state index is 0.0820. The second-order valence-electron chi connectivity index (χ2n) is 21.0. The lowest BCUT2D eigenvalue weighted by Crippen LogP contribution is -2.25. The molecule has 5 aliphatic rings. The molecule has 2 heterocycles.